The van der Waals surface area contributed by atoms with Crippen molar-refractivity contribution >= 4 is 28.1 Å². The van der Waals surface area contributed by atoms with E-state index in [-0.39, 0.29) is 11.8 Å². The van der Waals surface area contributed by atoms with E-state index in [1.165, 1.54) is 0 Å². The first-order valence-electron chi connectivity index (χ1n) is 7.33. The van der Waals surface area contributed by atoms with Crippen molar-refractivity contribution in [3.8, 4) is 0 Å². The Balaban J connectivity index is 1.59. The lowest BCUT2D eigenvalue weighted by Crippen LogP contribution is -2.23. The van der Waals surface area contributed by atoms with Crippen molar-refractivity contribution in [2.75, 3.05) is 18.4 Å². The van der Waals surface area contributed by atoms with Gasteiger partial charge >= 0.3 is 5.97 Å². The largest absolute Gasteiger partial charge is 0.481 e. The number of nitrogens with zero attached hydrogens (tertiary/aromatic N) is 2. The lowest BCUT2D eigenvalue weighted by Gasteiger charge is -2.13. The number of hydrogen-bond donors (Lipinski definition) is 2. The second kappa shape index (κ2) is 6.46. The fourth-order valence-electron chi connectivity index (χ4n) is 2.83. The van der Waals surface area contributed by atoms with E-state index in [9.17, 15) is 9.90 Å². The van der Waals surface area contributed by atoms with Crippen molar-refractivity contribution in [2.24, 2.45) is 11.8 Å². The third-order valence-electron chi connectivity index (χ3n) is 3.97. The van der Waals surface area contributed by atoms with Gasteiger partial charge in [0.1, 0.15) is 0 Å². The number of aliphatic carboxylic acids is 1. The van der Waals surface area contributed by atoms with Crippen LogP contribution in [0.5, 0.6) is 0 Å². The van der Waals surface area contributed by atoms with Crippen LogP contribution in [0.2, 0.25) is 0 Å². The molecule has 0 bridgehead atoms. The molecular weight excluding hydrogens is 298 g/mol. The van der Waals surface area contributed by atoms with Crippen LogP contribution in [0.4, 0.5) is 10.8 Å². The molecule has 0 aliphatic carbocycles. The Kier molecular flexibility index (Phi) is 4.40. The highest BCUT2D eigenvalue weighted by atomic mass is 32.1. The van der Waals surface area contributed by atoms with Crippen LogP contribution in [0.25, 0.3) is 0 Å². The highest BCUT2D eigenvalue weighted by Crippen LogP contribution is 2.26. The minimum Gasteiger partial charge on any atom is -0.481 e. The molecule has 0 radical (unpaired) electrons. The molecule has 0 unspecified atom stereocenters. The van der Waals surface area contributed by atoms with Gasteiger partial charge in [0.25, 0.3) is 0 Å². The first-order valence-corrected chi connectivity index (χ1v) is 8.21. The molecule has 0 saturated carbocycles. The Labute approximate surface area is 133 Å². The molecule has 2 atom stereocenters. The Morgan fingerprint density at radius 3 is 2.86 bits per heavy atom. The van der Waals surface area contributed by atoms with Gasteiger partial charge in [-0.15, -0.1) is 11.3 Å². The summed E-state index contributed by atoms with van der Waals surface area (Å²) in [5.41, 5.74) is 2.01. The molecule has 0 amide bonds. The minimum absolute atomic E-state index is 0.193. The predicted molar refractivity (Wildman–Crippen MR) is 87.4 cm³/mol. The molecule has 3 rings (SSSR count). The molecule has 2 heterocycles. The van der Waals surface area contributed by atoms with Crippen LogP contribution in [-0.4, -0.2) is 34.0 Å². The van der Waals surface area contributed by atoms with Crippen molar-refractivity contribution in [1.29, 1.82) is 0 Å². The number of likely N-dealkylation sites (tertiary alicyclic amines) is 1. The van der Waals surface area contributed by atoms with E-state index in [1.807, 2.05) is 42.6 Å². The SMILES string of the molecule is C[C@@H]1CN(Cc2csc(Nc3ccccc3)n2)C[C@H]1C(=O)O. The molecule has 1 aliphatic heterocycles. The molecule has 22 heavy (non-hydrogen) atoms. The molecule has 2 N–H and O–H groups in total. The van der Waals surface area contributed by atoms with Gasteiger partial charge in [-0.25, -0.2) is 4.98 Å². The van der Waals surface area contributed by atoms with Crippen molar-refractivity contribution in [2.45, 2.75) is 13.5 Å². The number of hydrogen-bond acceptors (Lipinski definition) is 5. The Morgan fingerprint density at radius 2 is 2.18 bits per heavy atom. The number of anilines is 2. The third-order valence-corrected chi connectivity index (χ3v) is 4.77. The second-order valence-corrected chi connectivity index (χ2v) is 6.61. The van der Waals surface area contributed by atoms with Gasteiger partial charge < -0.3 is 10.4 Å². The molecule has 1 aromatic heterocycles. The Hall–Kier alpha value is -1.92. The number of para-hydroxylation sites is 1. The molecule has 6 heteroatoms. The monoisotopic (exact) mass is 317 g/mol. The molecular formula is C16H19N3O2S. The maximum atomic E-state index is 11.2. The average Bonchev–Trinajstić information content (AvgIpc) is 3.07. The summed E-state index contributed by atoms with van der Waals surface area (Å²) in [6, 6.07) is 9.94. The Morgan fingerprint density at radius 1 is 1.41 bits per heavy atom. The number of carbonyl (C=O) groups is 1. The van der Waals surface area contributed by atoms with Crippen molar-refractivity contribution in [1.82, 2.24) is 9.88 Å². The number of rotatable bonds is 5. The highest BCUT2D eigenvalue weighted by Gasteiger charge is 2.34. The average molecular weight is 317 g/mol. The molecule has 0 spiro atoms. The quantitative estimate of drug-likeness (QED) is 0.887. The van der Waals surface area contributed by atoms with Gasteiger partial charge in [-0.3, -0.25) is 9.69 Å². The smallest absolute Gasteiger partial charge is 0.308 e. The normalized spacial score (nSPS) is 21.9. The van der Waals surface area contributed by atoms with E-state index in [2.05, 4.69) is 15.2 Å². The van der Waals surface area contributed by atoms with Crippen LogP contribution in [0.1, 0.15) is 12.6 Å². The number of carboxylic acids is 1. The van der Waals surface area contributed by atoms with Crippen LogP contribution in [0, 0.1) is 11.8 Å². The standard InChI is InChI=1S/C16H19N3O2S/c1-11-7-19(9-14(11)15(20)21)8-13-10-22-16(18-13)17-12-5-3-2-4-6-12/h2-6,10-11,14H,7-9H2,1H3,(H,17,18)(H,20,21)/t11-,14-/m1/s1. The summed E-state index contributed by atoms with van der Waals surface area (Å²) < 4.78 is 0. The van der Waals surface area contributed by atoms with E-state index in [0.29, 0.717) is 13.1 Å². The maximum Gasteiger partial charge on any atom is 0.308 e. The van der Waals surface area contributed by atoms with Gasteiger partial charge in [0.15, 0.2) is 5.13 Å². The van der Waals surface area contributed by atoms with Gasteiger partial charge in [-0.1, -0.05) is 25.1 Å². The second-order valence-electron chi connectivity index (χ2n) is 5.75. The fourth-order valence-corrected chi connectivity index (χ4v) is 3.55. The highest BCUT2D eigenvalue weighted by molar-refractivity contribution is 7.13. The summed E-state index contributed by atoms with van der Waals surface area (Å²) in [6.07, 6.45) is 0. The van der Waals surface area contributed by atoms with Gasteiger partial charge in [0, 0.05) is 30.7 Å². The number of thiazole rings is 1. The molecule has 1 aromatic carbocycles. The summed E-state index contributed by atoms with van der Waals surface area (Å²) >= 11 is 1.57. The molecule has 1 aliphatic rings. The molecule has 5 nitrogen and oxygen atoms in total. The number of aromatic nitrogens is 1. The molecule has 1 saturated heterocycles. The molecule has 2 aromatic rings. The zero-order valence-corrected chi connectivity index (χ0v) is 13.2. The van der Waals surface area contributed by atoms with Gasteiger partial charge in [-0.05, 0) is 18.1 Å². The fraction of sp³-hybridized carbons (Fsp3) is 0.375. The van der Waals surface area contributed by atoms with E-state index in [4.69, 9.17) is 0 Å². The van der Waals surface area contributed by atoms with Crippen molar-refractivity contribution < 1.29 is 9.90 Å². The summed E-state index contributed by atoms with van der Waals surface area (Å²) in [4.78, 5) is 17.9. The zero-order chi connectivity index (χ0) is 15.5. The van der Waals surface area contributed by atoms with E-state index in [0.717, 1.165) is 23.1 Å². The van der Waals surface area contributed by atoms with E-state index in [1.54, 1.807) is 11.3 Å². The number of carboxylic acid groups (broad SMARTS) is 1. The zero-order valence-electron chi connectivity index (χ0n) is 12.4. The van der Waals surface area contributed by atoms with Gasteiger partial charge in [0.05, 0.1) is 11.6 Å². The van der Waals surface area contributed by atoms with Gasteiger partial charge in [-0.2, -0.15) is 0 Å². The number of nitrogens with one attached hydrogen (secondary N) is 1. The van der Waals surface area contributed by atoms with E-state index < -0.39 is 5.97 Å². The van der Waals surface area contributed by atoms with Crippen LogP contribution < -0.4 is 5.32 Å². The van der Waals surface area contributed by atoms with Crippen LogP contribution in [-0.2, 0) is 11.3 Å². The predicted octanol–water partition coefficient (Wildman–Crippen LogP) is 3.04. The topological polar surface area (TPSA) is 65.5 Å². The third kappa shape index (κ3) is 3.45. The first kappa shape index (κ1) is 15.0. The van der Waals surface area contributed by atoms with Crippen LogP contribution in [0.3, 0.4) is 0 Å². The van der Waals surface area contributed by atoms with Crippen molar-refractivity contribution in [3.63, 3.8) is 0 Å². The number of benzene rings is 1. The van der Waals surface area contributed by atoms with Crippen LogP contribution >= 0.6 is 11.3 Å². The summed E-state index contributed by atoms with van der Waals surface area (Å²) in [5, 5.41) is 15.4. The van der Waals surface area contributed by atoms with Gasteiger partial charge in [0.2, 0.25) is 0 Å². The lowest BCUT2D eigenvalue weighted by molar-refractivity contribution is -0.142. The Bertz CT molecular complexity index is 644. The maximum absolute atomic E-state index is 11.2. The minimum atomic E-state index is -0.695. The summed E-state index contributed by atoms with van der Waals surface area (Å²) in [5.74, 6) is -0.765. The lowest BCUT2D eigenvalue weighted by atomic mass is 9.99. The summed E-state index contributed by atoms with van der Waals surface area (Å²) in [6.45, 7) is 4.13. The van der Waals surface area contributed by atoms with Crippen LogP contribution in [0.15, 0.2) is 35.7 Å². The summed E-state index contributed by atoms with van der Waals surface area (Å²) in [7, 11) is 0. The van der Waals surface area contributed by atoms with Crippen molar-refractivity contribution in [3.05, 3.63) is 41.4 Å². The van der Waals surface area contributed by atoms with E-state index >= 15 is 0 Å². The first-order chi connectivity index (χ1) is 10.6. The molecule has 116 valence electrons. The molecule has 1 fully saturated rings.